The highest BCUT2D eigenvalue weighted by atomic mass is 35.5. The topological polar surface area (TPSA) is 61.0 Å². The Hall–Kier alpha value is -2.40. The average Bonchev–Trinajstić information content (AvgIpc) is 2.86. The van der Waals surface area contributed by atoms with Crippen LogP contribution in [0.15, 0.2) is 30.5 Å². The third kappa shape index (κ3) is 1.69. The molecule has 0 saturated carbocycles. The Morgan fingerprint density at radius 1 is 1.36 bits per heavy atom. The molecule has 0 amide bonds. The largest absolute Gasteiger partial charge is 0.338 e. The first-order valence-corrected chi connectivity index (χ1v) is 7.36. The van der Waals surface area contributed by atoms with Crippen molar-refractivity contribution in [1.29, 1.82) is 0 Å². The molecule has 0 atom stereocenters. The molecular weight excluding hydrogens is 302 g/mol. The first-order valence-electron chi connectivity index (χ1n) is 6.99. The molecule has 0 unspecified atom stereocenters. The van der Waals surface area contributed by atoms with Gasteiger partial charge in [0.25, 0.3) is 5.69 Å². The summed E-state index contributed by atoms with van der Waals surface area (Å²) in [6.45, 7) is 2.61. The Bertz CT molecular complexity index is 946. The van der Waals surface area contributed by atoms with Gasteiger partial charge in [-0.2, -0.15) is 0 Å². The summed E-state index contributed by atoms with van der Waals surface area (Å²) in [5.74, 6) is 0. The van der Waals surface area contributed by atoms with Gasteiger partial charge in [-0.1, -0.05) is 17.7 Å². The molecule has 3 heterocycles. The molecule has 1 aliphatic rings. The zero-order chi connectivity index (χ0) is 15.4. The SMILES string of the molecule is Cc1c([N+](=O)[O-])ccc2c1-c1cc3ccnc(Cl)c3n1CC2. The first-order chi connectivity index (χ1) is 10.6. The van der Waals surface area contributed by atoms with Crippen LogP contribution in [-0.2, 0) is 13.0 Å². The summed E-state index contributed by atoms with van der Waals surface area (Å²) in [5.41, 5.74) is 4.83. The Morgan fingerprint density at radius 3 is 2.95 bits per heavy atom. The Kier molecular flexibility index (Phi) is 2.74. The third-order valence-corrected chi connectivity index (χ3v) is 4.62. The number of hydrogen-bond acceptors (Lipinski definition) is 3. The summed E-state index contributed by atoms with van der Waals surface area (Å²) in [7, 11) is 0. The fraction of sp³-hybridized carbons (Fsp3) is 0.188. The number of nitro benzene ring substituents is 1. The molecule has 0 aliphatic carbocycles. The van der Waals surface area contributed by atoms with Crippen LogP contribution in [0.5, 0.6) is 0 Å². The molecule has 5 nitrogen and oxygen atoms in total. The van der Waals surface area contributed by atoms with Crippen LogP contribution in [0.3, 0.4) is 0 Å². The van der Waals surface area contributed by atoms with Crippen molar-refractivity contribution in [3.8, 4) is 11.3 Å². The third-order valence-electron chi connectivity index (χ3n) is 4.34. The minimum atomic E-state index is -0.328. The van der Waals surface area contributed by atoms with E-state index in [1.165, 1.54) is 0 Å². The van der Waals surface area contributed by atoms with E-state index in [0.29, 0.717) is 10.7 Å². The minimum Gasteiger partial charge on any atom is -0.338 e. The number of halogens is 1. The lowest BCUT2D eigenvalue weighted by Gasteiger charge is -2.21. The Labute approximate surface area is 131 Å². The van der Waals surface area contributed by atoms with E-state index in [-0.39, 0.29) is 10.6 Å². The van der Waals surface area contributed by atoms with Gasteiger partial charge in [0.1, 0.15) is 0 Å². The number of aryl methyl sites for hydroxylation is 2. The van der Waals surface area contributed by atoms with Gasteiger partial charge in [-0.25, -0.2) is 4.98 Å². The van der Waals surface area contributed by atoms with E-state index in [4.69, 9.17) is 11.6 Å². The zero-order valence-corrected chi connectivity index (χ0v) is 12.6. The second-order valence-corrected chi connectivity index (χ2v) is 5.83. The van der Waals surface area contributed by atoms with Crippen LogP contribution in [0.1, 0.15) is 11.1 Å². The molecule has 6 heteroatoms. The van der Waals surface area contributed by atoms with Gasteiger partial charge < -0.3 is 4.57 Å². The summed E-state index contributed by atoms with van der Waals surface area (Å²) >= 11 is 6.24. The summed E-state index contributed by atoms with van der Waals surface area (Å²) < 4.78 is 2.11. The van der Waals surface area contributed by atoms with Gasteiger partial charge in [-0.15, -0.1) is 0 Å². The summed E-state index contributed by atoms with van der Waals surface area (Å²) in [6.07, 6.45) is 2.51. The molecule has 0 saturated heterocycles. The second kappa shape index (κ2) is 4.55. The fourth-order valence-electron chi connectivity index (χ4n) is 3.36. The normalized spacial score (nSPS) is 13.0. The van der Waals surface area contributed by atoms with Crippen molar-refractivity contribution in [3.05, 3.63) is 56.9 Å². The van der Waals surface area contributed by atoms with Gasteiger partial charge in [0.05, 0.1) is 10.4 Å². The van der Waals surface area contributed by atoms with Crippen molar-refractivity contribution < 1.29 is 4.92 Å². The average molecular weight is 314 g/mol. The molecule has 0 N–H and O–H groups in total. The summed E-state index contributed by atoms with van der Waals surface area (Å²) in [4.78, 5) is 15.0. The molecule has 1 aliphatic heterocycles. The molecule has 110 valence electrons. The molecule has 1 aromatic carbocycles. The van der Waals surface area contributed by atoms with E-state index in [1.807, 2.05) is 25.1 Å². The van der Waals surface area contributed by atoms with E-state index < -0.39 is 0 Å². The number of rotatable bonds is 1. The molecule has 0 radical (unpaired) electrons. The van der Waals surface area contributed by atoms with Crippen LogP contribution in [0, 0.1) is 17.0 Å². The minimum absolute atomic E-state index is 0.154. The van der Waals surface area contributed by atoms with Gasteiger partial charge in [0, 0.05) is 41.0 Å². The Morgan fingerprint density at radius 2 is 2.18 bits per heavy atom. The number of fused-ring (bicyclic) bond motifs is 5. The predicted octanol–water partition coefficient (Wildman–Crippen LogP) is 4.13. The molecule has 4 rings (SSSR count). The molecule has 0 fully saturated rings. The van der Waals surface area contributed by atoms with Crippen molar-refractivity contribution in [2.24, 2.45) is 0 Å². The maximum Gasteiger partial charge on any atom is 0.272 e. The molecule has 3 aromatic rings. The van der Waals surface area contributed by atoms with Gasteiger partial charge >= 0.3 is 0 Å². The molecule has 0 spiro atoms. The summed E-state index contributed by atoms with van der Waals surface area (Å²) in [6, 6.07) is 7.42. The molecular formula is C16H12ClN3O2. The highest BCUT2D eigenvalue weighted by Gasteiger charge is 2.25. The smallest absolute Gasteiger partial charge is 0.272 e. The van der Waals surface area contributed by atoms with Crippen LogP contribution >= 0.6 is 11.6 Å². The molecule has 0 bridgehead atoms. The Balaban J connectivity index is 2.09. The number of nitro groups is 1. The molecule has 2 aromatic heterocycles. The van der Waals surface area contributed by atoms with Gasteiger partial charge in [0.15, 0.2) is 5.15 Å². The lowest BCUT2D eigenvalue weighted by atomic mass is 9.93. The standard InChI is InChI=1S/C16H12ClN3O2/c1-9-12(20(21)22)3-2-10-5-7-19-13(14(9)10)8-11-4-6-18-16(17)15(11)19/h2-4,6,8H,5,7H2,1H3. The number of hydrogen-bond donors (Lipinski definition) is 0. The van der Waals surface area contributed by atoms with Crippen molar-refractivity contribution >= 4 is 28.2 Å². The molecule has 22 heavy (non-hydrogen) atoms. The number of benzene rings is 1. The zero-order valence-electron chi connectivity index (χ0n) is 11.8. The number of aromatic nitrogens is 2. The summed E-state index contributed by atoms with van der Waals surface area (Å²) in [5, 5.41) is 12.7. The van der Waals surface area contributed by atoms with Crippen LogP contribution in [0.25, 0.3) is 22.2 Å². The maximum atomic E-state index is 11.2. The highest BCUT2D eigenvalue weighted by molar-refractivity contribution is 6.34. The van der Waals surface area contributed by atoms with Crippen molar-refractivity contribution in [2.45, 2.75) is 19.9 Å². The lowest BCUT2D eigenvalue weighted by Crippen LogP contribution is -2.12. The van der Waals surface area contributed by atoms with Crippen LogP contribution in [0.2, 0.25) is 5.15 Å². The quantitative estimate of drug-likeness (QED) is 0.385. The maximum absolute atomic E-state index is 11.2. The highest BCUT2D eigenvalue weighted by Crippen LogP contribution is 2.40. The van der Waals surface area contributed by atoms with Crippen LogP contribution in [0.4, 0.5) is 5.69 Å². The van der Waals surface area contributed by atoms with E-state index in [1.54, 1.807) is 12.3 Å². The van der Waals surface area contributed by atoms with E-state index >= 15 is 0 Å². The lowest BCUT2D eigenvalue weighted by molar-refractivity contribution is -0.385. The van der Waals surface area contributed by atoms with E-state index in [2.05, 4.69) is 9.55 Å². The van der Waals surface area contributed by atoms with Crippen molar-refractivity contribution in [3.63, 3.8) is 0 Å². The van der Waals surface area contributed by atoms with Crippen LogP contribution < -0.4 is 0 Å². The first kappa shape index (κ1) is 13.3. The number of nitrogens with zero attached hydrogens (tertiary/aromatic N) is 3. The van der Waals surface area contributed by atoms with E-state index in [0.717, 1.165) is 40.7 Å². The van der Waals surface area contributed by atoms with Crippen molar-refractivity contribution in [1.82, 2.24) is 9.55 Å². The van der Waals surface area contributed by atoms with Crippen molar-refractivity contribution in [2.75, 3.05) is 0 Å². The number of pyridine rings is 1. The van der Waals surface area contributed by atoms with Gasteiger partial charge in [-0.3, -0.25) is 10.1 Å². The van der Waals surface area contributed by atoms with Crippen LogP contribution in [-0.4, -0.2) is 14.5 Å². The van der Waals surface area contributed by atoms with Gasteiger partial charge in [0.2, 0.25) is 0 Å². The second-order valence-electron chi connectivity index (χ2n) is 5.47. The van der Waals surface area contributed by atoms with Gasteiger partial charge in [-0.05, 0) is 31.0 Å². The van der Waals surface area contributed by atoms with E-state index in [9.17, 15) is 10.1 Å². The monoisotopic (exact) mass is 313 g/mol. The predicted molar refractivity (Wildman–Crippen MR) is 85.3 cm³/mol. The fourth-order valence-corrected chi connectivity index (χ4v) is 3.63.